The van der Waals surface area contributed by atoms with E-state index in [0.717, 1.165) is 17.1 Å². The van der Waals surface area contributed by atoms with Crippen LogP contribution < -0.4 is 5.73 Å². The smallest absolute Gasteiger partial charge is 0.134 e. The lowest BCUT2D eigenvalue weighted by atomic mass is 10.1. The van der Waals surface area contributed by atoms with E-state index >= 15 is 0 Å². The Morgan fingerprint density at radius 3 is 2.40 bits per heavy atom. The molecule has 0 aliphatic heterocycles. The molecule has 100 valence electrons. The van der Waals surface area contributed by atoms with E-state index < -0.39 is 0 Å². The molecule has 1 heterocycles. The van der Waals surface area contributed by atoms with E-state index in [4.69, 9.17) is 17.3 Å². The predicted molar refractivity (Wildman–Crippen MR) is 81.0 cm³/mol. The minimum atomic E-state index is -0.289. The van der Waals surface area contributed by atoms with Crippen LogP contribution in [0.1, 0.15) is 17.4 Å². The molecule has 4 heteroatoms. The fourth-order valence-electron chi connectivity index (χ4n) is 2.17. The van der Waals surface area contributed by atoms with E-state index in [2.05, 4.69) is 4.98 Å². The maximum atomic E-state index is 6.32. The van der Waals surface area contributed by atoms with E-state index in [0.29, 0.717) is 5.02 Å². The Balaban J connectivity index is 1.99. The van der Waals surface area contributed by atoms with E-state index in [-0.39, 0.29) is 6.04 Å². The fourth-order valence-corrected chi connectivity index (χ4v) is 2.30. The Kier molecular flexibility index (Phi) is 3.54. The molecule has 0 saturated heterocycles. The maximum absolute atomic E-state index is 6.32. The maximum Gasteiger partial charge on any atom is 0.134 e. The molecule has 3 nitrogen and oxygen atoms in total. The minimum Gasteiger partial charge on any atom is -0.318 e. The van der Waals surface area contributed by atoms with E-state index in [1.54, 1.807) is 6.20 Å². The third-order valence-corrected chi connectivity index (χ3v) is 3.46. The first-order chi connectivity index (χ1) is 9.75. The lowest BCUT2D eigenvalue weighted by Crippen LogP contribution is -2.17. The second-order valence-electron chi connectivity index (χ2n) is 4.52. The topological polar surface area (TPSA) is 43.8 Å². The summed E-state index contributed by atoms with van der Waals surface area (Å²) in [5, 5.41) is 0.701. The van der Waals surface area contributed by atoms with E-state index in [1.807, 2.05) is 65.4 Å². The van der Waals surface area contributed by atoms with Gasteiger partial charge in [0.1, 0.15) is 5.82 Å². The van der Waals surface area contributed by atoms with Crippen LogP contribution in [0.3, 0.4) is 0 Å². The second-order valence-corrected chi connectivity index (χ2v) is 4.96. The van der Waals surface area contributed by atoms with Gasteiger partial charge in [0, 0.05) is 23.1 Å². The zero-order valence-electron chi connectivity index (χ0n) is 10.8. The van der Waals surface area contributed by atoms with Gasteiger partial charge in [0.2, 0.25) is 0 Å². The van der Waals surface area contributed by atoms with Crippen LogP contribution in [-0.4, -0.2) is 9.55 Å². The zero-order chi connectivity index (χ0) is 13.9. The van der Waals surface area contributed by atoms with Crippen LogP contribution in [0.5, 0.6) is 0 Å². The van der Waals surface area contributed by atoms with Crippen molar-refractivity contribution in [2.24, 2.45) is 5.73 Å². The largest absolute Gasteiger partial charge is 0.318 e. The SMILES string of the molecule is NC(c1ccc(Cl)cc1)c1nccn1-c1ccccc1. The van der Waals surface area contributed by atoms with Crippen LogP contribution >= 0.6 is 11.6 Å². The summed E-state index contributed by atoms with van der Waals surface area (Å²) in [5.74, 6) is 0.804. The first-order valence-corrected chi connectivity index (χ1v) is 6.73. The summed E-state index contributed by atoms with van der Waals surface area (Å²) in [4.78, 5) is 4.40. The van der Waals surface area contributed by atoms with Gasteiger partial charge in [-0.1, -0.05) is 41.9 Å². The molecular formula is C16H14ClN3. The molecule has 0 fully saturated rings. The first-order valence-electron chi connectivity index (χ1n) is 6.35. The summed E-state index contributed by atoms with van der Waals surface area (Å²) < 4.78 is 2.00. The van der Waals surface area contributed by atoms with Crippen molar-refractivity contribution in [1.82, 2.24) is 9.55 Å². The summed E-state index contributed by atoms with van der Waals surface area (Å²) in [6, 6.07) is 17.3. The highest BCUT2D eigenvalue weighted by molar-refractivity contribution is 6.30. The molecule has 2 aromatic carbocycles. The zero-order valence-corrected chi connectivity index (χ0v) is 11.5. The molecule has 1 atom stereocenters. The van der Waals surface area contributed by atoms with Gasteiger partial charge in [0.05, 0.1) is 6.04 Å². The van der Waals surface area contributed by atoms with Crippen molar-refractivity contribution in [2.45, 2.75) is 6.04 Å². The van der Waals surface area contributed by atoms with Crippen molar-refractivity contribution in [3.05, 3.63) is 83.4 Å². The molecule has 0 aliphatic rings. The van der Waals surface area contributed by atoms with Crippen molar-refractivity contribution in [3.8, 4) is 5.69 Å². The quantitative estimate of drug-likeness (QED) is 0.798. The summed E-state index contributed by atoms with van der Waals surface area (Å²) >= 11 is 5.91. The van der Waals surface area contributed by atoms with Crippen LogP contribution in [0.15, 0.2) is 67.0 Å². The summed E-state index contributed by atoms with van der Waals surface area (Å²) in [5.41, 5.74) is 8.35. The number of nitrogens with two attached hydrogens (primary N) is 1. The van der Waals surface area contributed by atoms with Gasteiger partial charge in [-0.3, -0.25) is 0 Å². The molecule has 0 aliphatic carbocycles. The van der Waals surface area contributed by atoms with Gasteiger partial charge in [-0.15, -0.1) is 0 Å². The molecule has 3 rings (SSSR count). The highest BCUT2D eigenvalue weighted by atomic mass is 35.5. The van der Waals surface area contributed by atoms with Crippen molar-refractivity contribution < 1.29 is 0 Å². The van der Waals surface area contributed by atoms with Crippen molar-refractivity contribution >= 4 is 11.6 Å². The van der Waals surface area contributed by atoms with Crippen molar-refractivity contribution in [2.75, 3.05) is 0 Å². The third kappa shape index (κ3) is 2.46. The Bertz CT molecular complexity index is 689. The summed E-state index contributed by atoms with van der Waals surface area (Å²) in [6.07, 6.45) is 3.68. The number of nitrogens with zero attached hydrogens (tertiary/aromatic N) is 2. The molecule has 20 heavy (non-hydrogen) atoms. The molecule has 0 radical (unpaired) electrons. The Labute approximate surface area is 122 Å². The standard InChI is InChI=1S/C16H14ClN3/c17-13-8-6-12(7-9-13)15(18)16-19-10-11-20(16)14-4-2-1-3-5-14/h1-11,15H,18H2. The van der Waals surface area contributed by atoms with Gasteiger partial charge in [-0.25, -0.2) is 4.98 Å². The number of hydrogen-bond acceptors (Lipinski definition) is 2. The summed E-state index contributed by atoms with van der Waals surface area (Å²) in [7, 11) is 0. The molecular weight excluding hydrogens is 270 g/mol. The Morgan fingerprint density at radius 1 is 1.00 bits per heavy atom. The molecule has 1 unspecified atom stereocenters. The fraction of sp³-hybridized carbons (Fsp3) is 0.0625. The number of aromatic nitrogens is 2. The van der Waals surface area contributed by atoms with Gasteiger partial charge in [-0.05, 0) is 29.8 Å². The Hall–Kier alpha value is -2.10. The number of imidazole rings is 1. The number of rotatable bonds is 3. The van der Waals surface area contributed by atoms with Gasteiger partial charge in [0.25, 0.3) is 0 Å². The van der Waals surface area contributed by atoms with Gasteiger partial charge >= 0.3 is 0 Å². The predicted octanol–water partition coefficient (Wildman–Crippen LogP) is 3.57. The highest BCUT2D eigenvalue weighted by Crippen LogP contribution is 2.22. The van der Waals surface area contributed by atoms with Crippen LogP contribution in [0.25, 0.3) is 5.69 Å². The van der Waals surface area contributed by atoms with Gasteiger partial charge in [-0.2, -0.15) is 0 Å². The lowest BCUT2D eigenvalue weighted by Gasteiger charge is -2.14. The van der Waals surface area contributed by atoms with Crippen LogP contribution in [-0.2, 0) is 0 Å². The number of halogens is 1. The average Bonchev–Trinajstić information content (AvgIpc) is 2.97. The van der Waals surface area contributed by atoms with Crippen molar-refractivity contribution in [3.63, 3.8) is 0 Å². The van der Waals surface area contributed by atoms with Gasteiger partial charge < -0.3 is 10.3 Å². The molecule has 2 N–H and O–H groups in total. The van der Waals surface area contributed by atoms with Crippen LogP contribution in [0.4, 0.5) is 0 Å². The molecule has 0 saturated carbocycles. The van der Waals surface area contributed by atoms with E-state index in [1.165, 1.54) is 0 Å². The molecule has 0 spiro atoms. The normalized spacial score (nSPS) is 12.3. The van der Waals surface area contributed by atoms with E-state index in [9.17, 15) is 0 Å². The number of hydrogen-bond donors (Lipinski definition) is 1. The second kappa shape index (κ2) is 5.49. The minimum absolute atomic E-state index is 0.289. The molecule has 3 aromatic rings. The first kappa shape index (κ1) is 12.9. The summed E-state index contributed by atoms with van der Waals surface area (Å²) in [6.45, 7) is 0. The van der Waals surface area contributed by atoms with Crippen LogP contribution in [0.2, 0.25) is 5.02 Å². The number of para-hydroxylation sites is 1. The van der Waals surface area contributed by atoms with Crippen molar-refractivity contribution in [1.29, 1.82) is 0 Å². The highest BCUT2D eigenvalue weighted by Gasteiger charge is 2.15. The average molecular weight is 284 g/mol. The Morgan fingerprint density at radius 2 is 1.70 bits per heavy atom. The van der Waals surface area contributed by atoms with Crippen LogP contribution in [0, 0.1) is 0 Å². The molecule has 0 bridgehead atoms. The molecule has 1 aromatic heterocycles. The third-order valence-electron chi connectivity index (χ3n) is 3.21. The van der Waals surface area contributed by atoms with Gasteiger partial charge in [0.15, 0.2) is 0 Å². The monoisotopic (exact) mass is 283 g/mol. The lowest BCUT2D eigenvalue weighted by molar-refractivity contribution is 0.758. The number of benzene rings is 2. The molecule has 0 amide bonds.